The minimum atomic E-state index is 0. The molecule has 0 unspecified atom stereocenters. The van der Waals surface area contributed by atoms with E-state index in [9.17, 15) is 0 Å². The van der Waals surface area contributed by atoms with Crippen LogP contribution in [0.2, 0.25) is 0 Å². The van der Waals surface area contributed by atoms with Crippen molar-refractivity contribution in [1.82, 2.24) is 20.8 Å². The van der Waals surface area contributed by atoms with Gasteiger partial charge in [0.1, 0.15) is 5.82 Å². The topological polar surface area (TPSA) is 78.6 Å². The van der Waals surface area contributed by atoms with Gasteiger partial charge in [0.2, 0.25) is 0 Å². The summed E-state index contributed by atoms with van der Waals surface area (Å²) in [6.07, 6.45) is 6.20. The first-order valence-corrected chi connectivity index (χ1v) is 10.7. The molecule has 166 valence electrons. The van der Waals surface area contributed by atoms with Gasteiger partial charge in [0, 0.05) is 44.4 Å². The zero-order valence-corrected chi connectivity index (χ0v) is 20.8. The highest BCUT2D eigenvalue weighted by atomic mass is 127. The maximum atomic E-state index is 5.50. The number of hydrogen-bond acceptors (Lipinski definition) is 5. The molecule has 0 atom stereocenters. The van der Waals surface area contributed by atoms with Crippen LogP contribution in [0.4, 0.5) is 5.82 Å². The van der Waals surface area contributed by atoms with Crippen LogP contribution in [0.25, 0.3) is 0 Å². The van der Waals surface area contributed by atoms with Crippen molar-refractivity contribution in [2.45, 2.75) is 65.0 Å². The van der Waals surface area contributed by atoms with E-state index in [1.807, 2.05) is 6.20 Å². The lowest BCUT2D eigenvalue weighted by Gasteiger charge is -2.33. The molecule has 2 aromatic rings. The van der Waals surface area contributed by atoms with Gasteiger partial charge in [-0.3, -0.25) is 4.99 Å². The number of halogens is 1. The summed E-state index contributed by atoms with van der Waals surface area (Å²) in [5, 5.41) is 11.1. The van der Waals surface area contributed by atoms with Gasteiger partial charge in [-0.25, -0.2) is 4.98 Å². The van der Waals surface area contributed by atoms with Crippen molar-refractivity contribution in [3.63, 3.8) is 0 Å². The summed E-state index contributed by atoms with van der Waals surface area (Å²) >= 11 is 0. The second-order valence-corrected chi connectivity index (χ2v) is 7.76. The Morgan fingerprint density at radius 1 is 1.27 bits per heavy atom. The Morgan fingerprint density at radius 3 is 2.60 bits per heavy atom. The van der Waals surface area contributed by atoms with Crippen molar-refractivity contribution in [2.75, 3.05) is 25.0 Å². The van der Waals surface area contributed by atoms with Gasteiger partial charge in [-0.1, -0.05) is 25.1 Å². The van der Waals surface area contributed by atoms with E-state index in [4.69, 9.17) is 4.52 Å². The Kier molecular flexibility index (Phi) is 9.87. The van der Waals surface area contributed by atoms with Crippen LogP contribution in [0.5, 0.6) is 0 Å². The van der Waals surface area contributed by atoms with Gasteiger partial charge in [0.25, 0.3) is 0 Å². The molecule has 0 saturated carbocycles. The van der Waals surface area contributed by atoms with Crippen LogP contribution < -0.4 is 15.5 Å². The molecular weight excluding hydrogens is 491 g/mol. The molecule has 2 aromatic heterocycles. The number of anilines is 1. The van der Waals surface area contributed by atoms with E-state index in [2.05, 4.69) is 69.6 Å². The zero-order valence-electron chi connectivity index (χ0n) is 18.5. The van der Waals surface area contributed by atoms with E-state index in [1.165, 1.54) is 5.56 Å². The second kappa shape index (κ2) is 12.1. The smallest absolute Gasteiger partial charge is 0.191 e. The number of aryl methyl sites for hydroxylation is 1. The van der Waals surface area contributed by atoms with Crippen molar-refractivity contribution in [3.05, 3.63) is 41.4 Å². The van der Waals surface area contributed by atoms with Crippen LogP contribution in [0.1, 0.15) is 62.5 Å². The lowest BCUT2D eigenvalue weighted by atomic mass is 9.99. The average Bonchev–Trinajstić information content (AvgIpc) is 3.22. The predicted molar refractivity (Wildman–Crippen MR) is 133 cm³/mol. The van der Waals surface area contributed by atoms with Gasteiger partial charge in [-0.05, 0) is 44.2 Å². The van der Waals surface area contributed by atoms with Crippen LogP contribution in [-0.4, -0.2) is 42.3 Å². The molecule has 0 bridgehead atoms. The van der Waals surface area contributed by atoms with E-state index < -0.39 is 0 Å². The summed E-state index contributed by atoms with van der Waals surface area (Å²) < 4.78 is 5.50. The SMILES string of the molecule is CCC(CC)c1cc(CNC(=NC)NC2CCN(c3ccc(C)cn3)CC2)on1.I. The third-order valence-electron chi connectivity index (χ3n) is 5.69. The van der Waals surface area contributed by atoms with Gasteiger partial charge in [-0.2, -0.15) is 0 Å². The van der Waals surface area contributed by atoms with Gasteiger partial charge >= 0.3 is 0 Å². The van der Waals surface area contributed by atoms with Crippen molar-refractivity contribution in [3.8, 4) is 0 Å². The van der Waals surface area contributed by atoms with Crippen molar-refractivity contribution < 1.29 is 4.52 Å². The number of nitrogens with one attached hydrogen (secondary N) is 2. The molecule has 30 heavy (non-hydrogen) atoms. The minimum Gasteiger partial charge on any atom is -0.359 e. The molecule has 7 nitrogen and oxygen atoms in total. The van der Waals surface area contributed by atoms with Crippen LogP contribution in [0, 0.1) is 6.92 Å². The van der Waals surface area contributed by atoms with Gasteiger partial charge < -0.3 is 20.1 Å². The van der Waals surface area contributed by atoms with Crippen molar-refractivity contribution >= 4 is 35.8 Å². The predicted octanol–water partition coefficient (Wildman–Crippen LogP) is 4.23. The molecule has 0 radical (unpaired) electrons. The summed E-state index contributed by atoms with van der Waals surface area (Å²) in [4.78, 5) is 11.3. The molecule has 1 fully saturated rings. The molecule has 3 rings (SSSR count). The maximum Gasteiger partial charge on any atom is 0.191 e. The molecule has 2 N–H and O–H groups in total. The second-order valence-electron chi connectivity index (χ2n) is 7.76. The summed E-state index contributed by atoms with van der Waals surface area (Å²) in [5.41, 5.74) is 2.24. The van der Waals surface area contributed by atoms with Gasteiger partial charge in [0.05, 0.1) is 12.2 Å². The van der Waals surface area contributed by atoms with Crippen LogP contribution in [0.15, 0.2) is 33.9 Å². The quantitative estimate of drug-likeness (QED) is 0.320. The molecule has 0 aromatic carbocycles. The Bertz CT molecular complexity index is 779. The monoisotopic (exact) mass is 526 g/mol. The normalized spacial score (nSPS) is 15.2. The third-order valence-corrected chi connectivity index (χ3v) is 5.69. The fraction of sp³-hybridized carbons (Fsp3) is 0.591. The number of pyridine rings is 1. The summed E-state index contributed by atoms with van der Waals surface area (Å²) in [7, 11) is 1.80. The largest absolute Gasteiger partial charge is 0.359 e. The van der Waals surface area contributed by atoms with Crippen LogP contribution in [0.3, 0.4) is 0 Å². The average molecular weight is 526 g/mol. The fourth-order valence-electron chi connectivity index (χ4n) is 3.77. The number of piperidine rings is 1. The summed E-state index contributed by atoms with van der Waals surface area (Å²) in [6, 6.07) is 6.69. The number of hydrogen-bond donors (Lipinski definition) is 2. The highest BCUT2D eigenvalue weighted by molar-refractivity contribution is 14.0. The first kappa shape index (κ1) is 24.4. The molecule has 1 aliphatic heterocycles. The first-order chi connectivity index (χ1) is 14.1. The molecule has 8 heteroatoms. The molecular formula is C22H35IN6O. The number of aromatic nitrogens is 2. The van der Waals surface area contributed by atoms with E-state index >= 15 is 0 Å². The highest BCUT2D eigenvalue weighted by Gasteiger charge is 2.21. The fourth-order valence-corrected chi connectivity index (χ4v) is 3.77. The maximum absolute atomic E-state index is 5.50. The van der Waals surface area contributed by atoms with E-state index in [-0.39, 0.29) is 24.0 Å². The van der Waals surface area contributed by atoms with E-state index in [0.29, 0.717) is 18.5 Å². The van der Waals surface area contributed by atoms with Crippen LogP contribution in [-0.2, 0) is 6.54 Å². The molecule has 0 aliphatic carbocycles. The Morgan fingerprint density at radius 2 is 2.00 bits per heavy atom. The molecule has 0 spiro atoms. The summed E-state index contributed by atoms with van der Waals surface area (Å²) in [6.45, 7) is 9.01. The molecule has 0 amide bonds. The van der Waals surface area contributed by atoms with Crippen LogP contribution >= 0.6 is 24.0 Å². The standard InChI is InChI=1S/C22H34N6O.HI/c1-5-17(6-2)20-13-19(29-27-20)15-25-22(23-4)26-18-9-11-28(12-10-18)21-8-7-16(3)14-24-21;/h7-8,13-14,17-18H,5-6,9-12,15H2,1-4H3,(H2,23,25,26);1H. The van der Waals surface area contributed by atoms with E-state index in [0.717, 1.165) is 62.0 Å². The number of nitrogens with zero attached hydrogens (tertiary/aromatic N) is 4. The van der Waals surface area contributed by atoms with E-state index in [1.54, 1.807) is 7.05 Å². The highest BCUT2D eigenvalue weighted by Crippen LogP contribution is 2.22. The number of guanidine groups is 1. The number of rotatable bonds is 7. The Balaban J connectivity index is 0.00000320. The Labute approximate surface area is 197 Å². The lowest BCUT2D eigenvalue weighted by molar-refractivity contribution is 0.367. The first-order valence-electron chi connectivity index (χ1n) is 10.7. The third kappa shape index (κ3) is 6.58. The molecule has 3 heterocycles. The lowest BCUT2D eigenvalue weighted by Crippen LogP contribution is -2.48. The van der Waals surface area contributed by atoms with Gasteiger partial charge in [-0.15, -0.1) is 24.0 Å². The minimum absolute atomic E-state index is 0. The number of aliphatic imine (C=N–C) groups is 1. The van der Waals surface area contributed by atoms with Gasteiger partial charge in [0.15, 0.2) is 11.7 Å². The van der Waals surface area contributed by atoms with Crippen molar-refractivity contribution in [2.24, 2.45) is 4.99 Å². The summed E-state index contributed by atoms with van der Waals surface area (Å²) in [5.74, 6) is 3.18. The zero-order chi connectivity index (χ0) is 20.6. The van der Waals surface area contributed by atoms with Crippen molar-refractivity contribution in [1.29, 1.82) is 0 Å². The molecule has 1 aliphatic rings. The molecule has 1 saturated heterocycles. The Hall–Kier alpha value is -1.84.